The lowest BCUT2D eigenvalue weighted by molar-refractivity contribution is -0.140. The SMILES string of the molecule is Cc1cccc(CN(C(=O)CN(c2cc(Cl)ccc2C)S(=O)(=O)c2ccccc2)[C@H](Cc2ccccc2)C(=O)NC(C)C)c1. The number of hydrogen-bond donors (Lipinski definition) is 1. The second-order valence-corrected chi connectivity index (χ2v) is 13.4. The number of benzene rings is 4. The Morgan fingerprint density at radius 3 is 2.09 bits per heavy atom. The van der Waals surface area contributed by atoms with E-state index in [1.165, 1.54) is 17.0 Å². The van der Waals surface area contributed by atoms with Gasteiger partial charge in [0.2, 0.25) is 11.8 Å². The summed E-state index contributed by atoms with van der Waals surface area (Å²) in [5, 5.41) is 3.31. The van der Waals surface area contributed by atoms with Crippen LogP contribution in [0, 0.1) is 13.8 Å². The van der Waals surface area contributed by atoms with Crippen molar-refractivity contribution >= 4 is 39.1 Å². The van der Waals surface area contributed by atoms with Crippen molar-refractivity contribution in [1.82, 2.24) is 10.2 Å². The van der Waals surface area contributed by atoms with E-state index in [4.69, 9.17) is 11.6 Å². The molecule has 0 radical (unpaired) electrons. The molecule has 4 aromatic carbocycles. The van der Waals surface area contributed by atoms with Crippen LogP contribution >= 0.6 is 11.6 Å². The maximum atomic E-state index is 14.5. The predicted octanol–water partition coefficient (Wildman–Crippen LogP) is 6.32. The standard InChI is InChI=1S/C35H38ClN3O4S/c1-25(2)37-35(41)33(21-28-13-7-5-8-14-28)38(23-29-15-11-12-26(3)20-29)34(40)24-39(32-22-30(36)19-18-27(32)4)44(42,43)31-16-9-6-10-17-31/h5-20,22,25,33H,21,23-24H2,1-4H3,(H,37,41)/t33-/m1/s1. The van der Waals surface area contributed by atoms with Crippen molar-refractivity contribution in [3.8, 4) is 0 Å². The Hall–Kier alpha value is -4.14. The lowest BCUT2D eigenvalue weighted by Gasteiger charge is -2.34. The fraction of sp³-hybridized carbons (Fsp3) is 0.257. The van der Waals surface area contributed by atoms with Crippen LogP contribution in [0.25, 0.3) is 0 Å². The van der Waals surface area contributed by atoms with Crippen molar-refractivity contribution < 1.29 is 18.0 Å². The summed E-state index contributed by atoms with van der Waals surface area (Å²) in [5.41, 5.74) is 3.62. The molecule has 0 saturated heterocycles. The lowest BCUT2D eigenvalue weighted by Crippen LogP contribution is -2.54. The highest BCUT2D eigenvalue weighted by atomic mass is 35.5. The molecular weight excluding hydrogens is 594 g/mol. The molecule has 44 heavy (non-hydrogen) atoms. The fourth-order valence-corrected chi connectivity index (χ4v) is 6.68. The molecule has 0 bridgehead atoms. The van der Waals surface area contributed by atoms with Crippen molar-refractivity contribution in [2.24, 2.45) is 0 Å². The molecule has 4 aromatic rings. The number of nitrogens with one attached hydrogen (secondary N) is 1. The number of rotatable bonds is 12. The molecule has 230 valence electrons. The molecule has 0 unspecified atom stereocenters. The molecule has 1 N–H and O–H groups in total. The molecule has 0 fully saturated rings. The van der Waals surface area contributed by atoms with Gasteiger partial charge in [0.25, 0.3) is 10.0 Å². The van der Waals surface area contributed by atoms with Crippen molar-refractivity contribution in [3.05, 3.63) is 130 Å². The van der Waals surface area contributed by atoms with Gasteiger partial charge in [-0.2, -0.15) is 0 Å². The molecule has 0 heterocycles. The third kappa shape index (κ3) is 8.27. The number of carbonyl (C=O) groups excluding carboxylic acids is 2. The van der Waals surface area contributed by atoms with E-state index in [0.717, 1.165) is 21.0 Å². The molecule has 0 aromatic heterocycles. The first-order chi connectivity index (χ1) is 21.0. The quantitative estimate of drug-likeness (QED) is 0.198. The predicted molar refractivity (Wildman–Crippen MR) is 176 cm³/mol. The normalized spacial score (nSPS) is 12.0. The van der Waals surface area contributed by atoms with Crippen LogP contribution in [0.15, 0.2) is 108 Å². The van der Waals surface area contributed by atoms with Gasteiger partial charge in [0.15, 0.2) is 0 Å². The number of nitrogens with zero attached hydrogens (tertiary/aromatic N) is 2. The third-order valence-electron chi connectivity index (χ3n) is 7.19. The largest absolute Gasteiger partial charge is 0.352 e. The zero-order valence-electron chi connectivity index (χ0n) is 25.4. The van der Waals surface area contributed by atoms with E-state index in [-0.39, 0.29) is 35.5 Å². The van der Waals surface area contributed by atoms with E-state index < -0.39 is 28.5 Å². The minimum Gasteiger partial charge on any atom is -0.352 e. The molecular formula is C35H38ClN3O4S. The zero-order chi connectivity index (χ0) is 31.9. The maximum absolute atomic E-state index is 14.5. The van der Waals surface area contributed by atoms with Crippen LogP contribution in [0.5, 0.6) is 0 Å². The van der Waals surface area contributed by atoms with Crippen molar-refractivity contribution in [1.29, 1.82) is 0 Å². The van der Waals surface area contributed by atoms with Gasteiger partial charge in [-0.3, -0.25) is 13.9 Å². The minimum atomic E-state index is -4.20. The summed E-state index contributed by atoms with van der Waals surface area (Å²) >= 11 is 6.34. The number of aryl methyl sites for hydroxylation is 2. The van der Waals surface area contributed by atoms with Gasteiger partial charge in [-0.05, 0) is 68.7 Å². The number of sulfonamides is 1. The van der Waals surface area contributed by atoms with Gasteiger partial charge in [0.1, 0.15) is 12.6 Å². The molecule has 0 aliphatic heterocycles. The number of halogens is 1. The highest BCUT2D eigenvalue weighted by Crippen LogP contribution is 2.30. The third-order valence-corrected chi connectivity index (χ3v) is 9.20. The zero-order valence-corrected chi connectivity index (χ0v) is 27.0. The Labute approximate surface area is 265 Å². The summed E-state index contributed by atoms with van der Waals surface area (Å²) in [6.45, 7) is 7.02. The molecule has 1 atom stereocenters. The highest BCUT2D eigenvalue weighted by molar-refractivity contribution is 7.92. The van der Waals surface area contributed by atoms with Crippen molar-refractivity contribution in [3.63, 3.8) is 0 Å². The van der Waals surface area contributed by atoms with Gasteiger partial charge in [0.05, 0.1) is 10.6 Å². The van der Waals surface area contributed by atoms with E-state index in [9.17, 15) is 18.0 Å². The number of amides is 2. The summed E-state index contributed by atoms with van der Waals surface area (Å²) in [4.78, 5) is 29.8. The van der Waals surface area contributed by atoms with Crippen LogP contribution in [0.3, 0.4) is 0 Å². The number of carbonyl (C=O) groups is 2. The van der Waals surface area contributed by atoms with Gasteiger partial charge >= 0.3 is 0 Å². The molecule has 4 rings (SSSR count). The van der Waals surface area contributed by atoms with E-state index >= 15 is 0 Å². The first-order valence-corrected chi connectivity index (χ1v) is 16.3. The Kier molecular flexibility index (Phi) is 10.8. The first kappa shape index (κ1) is 32.8. The summed E-state index contributed by atoms with van der Waals surface area (Å²) in [6.07, 6.45) is 0.249. The smallest absolute Gasteiger partial charge is 0.264 e. The number of hydrogen-bond acceptors (Lipinski definition) is 4. The van der Waals surface area contributed by atoms with Crippen LogP contribution in [-0.2, 0) is 32.6 Å². The van der Waals surface area contributed by atoms with E-state index in [1.54, 1.807) is 43.3 Å². The molecule has 0 saturated carbocycles. The van der Waals surface area contributed by atoms with Crippen LogP contribution in [0.2, 0.25) is 5.02 Å². The van der Waals surface area contributed by atoms with Crippen molar-refractivity contribution in [2.45, 2.75) is 57.6 Å². The maximum Gasteiger partial charge on any atom is 0.264 e. The summed E-state index contributed by atoms with van der Waals surface area (Å²) in [6, 6.07) is 29.0. The molecule has 0 aliphatic carbocycles. The van der Waals surface area contributed by atoms with Gasteiger partial charge in [0, 0.05) is 24.0 Å². The molecule has 2 amide bonds. The lowest BCUT2D eigenvalue weighted by atomic mass is 10.0. The van der Waals surface area contributed by atoms with Gasteiger partial charge < -0.3 is 10.2 Å². The van der Waals surface area contributed by atoms with Gasteiger partial charge in [-0.1, -0.05) is 96.0 Å². The van der Waals surface area contributed by atoms with Gasteiger partial charge in [-0.25, -0.2) is 8.42 Å². The minimum absolute atomic E-state index is 0.0378. The second kappa shape index (κ2) is 14.6. The van der Waals surface area contributed by atoms with Crippen LogP contribution in [0.1, 0.15) is 36.1 Å². The topological polar surface area (TPSA) is 86.8 Å². The Balaban J connectivity index is 1.83. The molecule has 0 spiro atoms. The van der Waals surface area contributed by atoms with E-state index in [2.05, 4.69) is 5.32 Å². The van der Waals surface area contributed by atoms with Crippen LogP contribution in [0.4, 0.5) is 5.69 Å². The summed E-state index contributed by atoms with van der Waals surface area (Å²) in [5.74, 6) is -0.841. The monoisotopic (exact) mass is 631 g/mol. The Morgan fingerprint density at radius 1 is 0.818 bits per heavy atom. The Morgan fingerprint density at radius 2 is 1.45 bits per heavy atom. The average molecular weight is 632 g/mol. The first-order valence-electron chi connectivity index (χ1n) is 14.5. The summed E-state index contributed by atoms with van der Waals surface area (Å²) < 4.78 is 29.4. The highest BCUT2D eigenvalue weighted by Gasteiger charge is 2.35. The fourth-order valence-electron chi connectivity index (χ4n) is 5.03. The Bertz CT molecular complexity index is 1700. The van der Waals surface area contributed by atoms with Gasteiger partial charge in [-0.15, -0.1) is 0 Å². The molecule has 7 nitrogen and oxygen atoms in total. The van der Waals surface area contributed by atoms with E-state index in [0.29, 0.717) is 10.6 Å². The van der Waals surface area contributed by atoms with Crippen molar-refractivity contribution in [2.75, 3.05) is 10.8 Å². The number of anilines is 1. The second-order valence-electron chi connectivity index (χ2n) is 11.1. The van der Waals surface area contributed by atoms with Crippen LogP contribution in [-0.4, -0.2) is 43.8 Å². The average Bonchev–Trinajstić information content (AvgIpc) is 2.99. The molecule has 0 aliphatic rings. The van der Waals surface area contributed by atoms with Crippen LogP contribution < -0.4 is 9.62 Å². The molecule has 9 heteroatoms. The summed E-state index contributed by atoms with van der Waals surface area (Å²) in [7, 11) is -4.20. The van der Waals surface area contributed by atoms with E-state index in [1.807, 2.05) is 75.4 Å².